The predicted octanol–water partition coefficient (Wildman–Crippen LogP) is -0.865. The summed E-state index contributed by atoms with van der Waals surface area (Å²) in [6, 6.07) is 0. The fourth-order valence-corrected chi connectivity index (χ4v) is 0.839. The van der Waals surface area contributed by atoms with Crippen molar-refractivity contribution in [2.45, 2.75) is 0 Å². The molecule has 0 aliphatic rings. The molecule has 0 saturated heterocycles. The van der Waals surface area contributed by atoms with Gasteiger partial charge in [-0.25, -0.2) is 4.79 Å². The highest BCUT2D eigenvalue weighted by Gasteiger charge is 1.92. The van der Waals surface area contributed by atoms with E-state index in [0.29, 0.717) is 0 Å². The van der Waals surface area contributed by atoms with Crippen LogP contribution >= 0.6 is 11.5 Å². The minimum Gasteiger partial charge on any atom is -0.258 e. The van der Waals surface area contributed by atoms with Crippen LogP contribution in [-0.2, 0) is 7.05 Å². The summed E-state index contributed by atoms with van der Waals surface area (Å²) in [4.78, 5) is 20.5. The Labute approximate surface area is 48.6 Å². The SMILES string of the molecule is Cn1c(=O)[nH]sc1=O. The highest BCUT2D eigenvalue weighted by molar-refractivity contribution is 7.02. The van der Waals surface area contributed by atoms with E-state index in [2.05, 4.69) is 4.37 Å². The highest BCUT2D eigenvalue weighted by atomic mass is 32.1. The first kappa shape index (κ1) is 5.30. The van der Waals surface area contributed by atoms with Crippen molar-refractivity contribution in [3.8, 4) is 0 Å². The number of hydrogen-bond acceptors (Lipinski definition) is 3. The molecular formula is C3H4N2O2S. The smallest absolute Gasteiger partial charge is 0.258 e. The molecule has 0 spiro atoms. The Morgan fingerprint density at radius 3 is 2.38 bits per heavy atom. The quantitative estimate of drug-likeness (QED) is 0.499. The van der Waals surface area contributed by atoms with Crippen LogP contribution in [0.15, 0.2) is 9.59 Å². The van der Waals surface area contributed by atoms with Gasteiger partial charge in [0.05, 0.1) is 0 Å². The summed E-state index contributed by atoms with van der Waals surface area (Å²) in [7, 11) is 1.43. The molecule has 5 heteroatoms. The van der Waals surface area contributed by atoms with Crippen LogP contribution in [0.1, 0.15) is 0 Å². The summed E-state index contributed by atoms with van der Waals surface area (Å²) < 4.78 is 3.29. The first-order valence-corrected chi connectivity index (χ1v) is 2.78. The van der Waals surface area contributed by atoms with Crippen molar-refractivity contribution < 1.29 is 0 Å². The molecular weight excluding hydrogens is 128 g/mol. The minimum atomic E-state index is -0.347. The van der Waals surface area contributed by atoms with Gasteiger partial charge >= 0.3 is 10.6 Å². The zero-order chi connectivity index (χ0) is 6.15. The molecule has 1 heterocycles. The molecule has 0 aliphatic heterocycles. The number of rotatable bonds is 0. The number of nitrogens with zero attached hydrogens (tertiary/aromatic N) is 1. The van der Waals surface area contributed by atoms with E-state index >= 15 is 0 Å². The van der Waals surface area contributed by atoms with Gasteiger partial charge in [-0.05, 0) is 0 Å². The average Bonchev–Trinajstić information content (AvgIpc) is 1.98. The lowest BCUT2D eigenvalue weighted by molar-refractivity contribution is 0.833. The van der Waals surface area contributed by atoms with E-state index in [1.165, 1.54) is 7.05 Å². The molecule has 1 rings (SSSR count). The van der Waals surface area contributed by atoms with Gasteiger partial charge in [0.2, 0.25) is 0 Å². The molecule has 0 saturated carbocycles. The van der Waals surface area contributed by atoms with E-state index in [9.17, 15) is 9.59 Å². The van der Waals surface area contributed by atoms with Crippen LogP contribution in [0.5, 0.6) is 0 Å². The Kier molecular flexibility index (Phi) is 1.05. The summed E-state index contributed by atoms with van der Waals surface area (Å²) in [6.45, 7) is 0. The molecule has 4 nitrogen and oxygen atoms in total. The van der Waals surface area contributed by atoms with Crippen molar-refractivity contribution in [2.75, 3.05) is 0 Å². The lowest BCUT2D eigenvalue weighted by atomic mass is 11.1. The molecule has 0 unspecified atom stereocenters. The zero-order valence-electron chi connectivity index (χ0n) is 4.17. The maximum absolute atomic E-state index is 10.4. The molecule has 0 radical (unpaired) electrons. The largest absolute Gasteiger partial charge is 0.338 e. The van der Waals surface area contributed by atoms with E-state index in [-0.39, 0.29) is 10.6 Å². The van der Waals surface area contributed by atoms with Crippen LogP contribution in [0.3, 0.4) is 0 Å². The highest BCUT2D eigenvalue weighted by Crippen LogP contribution is 1.65. The Bertz CT molecular complexity index is 252. The Morgan fingerprint density at radius 2 is 2.25 bits per heavy atom. The molecule has 1 N–H and O–H groups in total. The molecule has 0 fully saturated rings. The van der Waals surface area contributed by atoms with Crippen molar-refractivity contribution in [3.63, 3.8) is 0 Å². The summed E-state index contributed by atoms with van der Waals surface area (Å²) in [6.07, 6.45) is 0. The van der Waals surface area contributed by atoms with Crippen LogP contribution < -0.4 is 10.6 Å². The van der Waals surface area contributed by atoms with Gasteiger partial charge in [-0.2, -0.15) is 0 Å². The molecule has 0 bridgehead atoms. The lowest BCUT2D eigenvalue weighted by Gasteiger charge is -1.74. The standard InChI is InChI=1S/C3H4N2O2S/c1-5-2(6)4-8-3(5)7/h1H3,(H,4,6). The second-order valence-corrected chi connectivity index (χ2v) is 2.09. The van der Waals surface area contributed by atoms with Gasteiger partial charge in [-0.3, -0.25) is 13.7 Å². The Hall–Kier alpha value is -0.840. The van der Waals surface area contributed by atoms with Gasteiger partial charge in [-0.15, -0.1) is 0 Å². The van der Waals surface area contributed by atoms with Gasteiger partial charge in [0.1, 0.15) is 0 Å². The van der Waals surface area contributed by atoms with Crippen LogP contribution in [-0.4, -0.2) is 8.94 Å². The summed E-state index contributed by atoms with van der Waals surface area (Å²) in [5.41, 5.74) is -0.347. The average molecular weight is 132 g/mol. The Morgan fingerprint density at radius 1 is 1.62 bits per heavy atom. The van der Waals surface area contributed by atoms with Gasteiger partial charge in [0.15, 0.2) is 0 Å². The van der Waals surface area contributed by atoms with Crippen LogP contribution in [0, 0.1) is 0 Å². The van der Waals surface area contributed by atoms with E-state index in [1.54, 1.807) is 0 Å². The van der Waals surface area contributed by atoms with Crippen molar-refractivity contribution >= 4 is 11.5 Å². The molecule has 0 aromatic carbocycles. The summed E-state index contributed by atoms with van der Waals surface area (Å²) in [5, 5.41) is 0. The molecule has 0 amide bonds. The van der Waals surface area contributed by atoms with Crippen molar-refractivity contribution in [2.24, 2.45) is 7.05 Å². The zero-order valence-corrected chi connectivity index (χ0v) is 4.99. The van der Waals surface area contributed by atoms with Crippen molar-refractivity contribution in [1.29, 1.82) is 0 Å². The third-order valence-electron chi connectivity index (χ3n) is 0.804. The number of hydrogen-bond donors (Lipinski definition) is 1. The molecule has 0 aliphatic carbocycles. The second kappa shape index (κ2) is 1.59. The van der Waals surface area contributed by atoms with Gasteiger partial charge < -0.3 is 0 Å². The minimum absolute atomic E-state index is 0.255. The van der Waals surface area contributed by atoms with Gasteiger partial charge in [0, 0.05) is 18.6 Å². The number of aromatic nitrogens is 2. The maximum Gasteiger partial charge on any atom is 0.338 e. The van der Waals surface area contributed by atoms with Crippen molar-refractivity contribution in [1.82, 2.24) is 8.94 Å². The molecule has 1 aromatic rings. The van der Waals surface area contributed by atoms with Crippen LogP contribution in [0.4, 0.5) is 0 Å². The van der Waals surface area contributed by atoms with Crippen LogP contribution in [0.25, 0.3) is 0 Å². The lowest BCUT2D eigenvalue weighted by Crippen LogP contribution is -2.21. The van der Waals surface area contributed by atoms with Crippen molar-refractivity contribution in [3.05, 3.63) is 20.2 Å². The third kappa shape index (κ3) is 0.604. The van der Waals surface area contributed by atoms with E-state index in [0.717, 1.165) is 16.1 Å². The van der Waals surface area contributed by atoms with Gasteiger partial charge in [-0.1, -0.05) is 0 Å². The summed E-state index contributed by atoms with van der Waals surface area (Å²) >= 11 is 0.801. The molecule has 0 atom stereocenters. The molecule has 8 heavy (non-hydrogen) atoms. The normalized spacial score (nSPS) is 9.62. The number of nitrogens with one attached hydrogen (secondary N) is 1. The third-order valence-corrected chi connectivity index (χ3v) is 1.53. The first-order chi connectivity index (χ1) is 3.72. The molecule has 1 aromatic heterocycles. The number of aromatic amines is 1. The van der Waals surface area contributed by atoms with Crippen LogP contribution in [0.2, 0.25) is 0 Å². The van der Waals surface area contributed by atoms with Gasteiger partial charge in [0.25, 0.3) is 0 Å². The monoisotopic (exact) mass is 132 g/mol. The maximum atomic E-state index is 10.4. The fourth-order valence-electron chi connectivity index (χ4n) is 0.307. The molecule has 44 valence electrons. The summed E-state index contributed by atoms with van der Waals surface area (Å²) in [5.74, 6) is 0. The fraction of sp³-hybridized carbons (Fsp3) is 0.333. The van der Waals surface area contributed by atoms with E-state index in [1.807, 2.05) is 0 Å². The van der Waals surface area contributed by atoms with E-state index < -0.39 is 0 Å². The number of H-pyrrole nitrogens is 1. The predicted molar refractivity (Wildman–Crippen MR) is 30.2 cm³/mol. The first-order valence-electron chi connectivity index (χ1n) is 1.96. The topological polar surface area (TPSA) is 54.9 Å². The van der Waals surface area contributed by atoms with E-state index in [4.69, 9.17) is 0 Å². The Balaban J connectivity index is 3.66. The second-order valence-electron chi connectivity index (χ2n) is 1.33.